The molecule has 3 aromatic rings. The van der Waals surface area contributed by atoms with Gasteiger partial charge in [-0.05, 0) is 55.7 Å². The number of benzene rings is 2. The summed E-state index contributed by atoms with van der Waals surface area (Å²) in [6.45, 7) is 5.59. The van der Waals surface area contributed by atoms with E-state index in [9.17, 15) is 14.7 Å². The summed E-state index contributed by atoms with van der Waals surface area (Å²) in [5.74, 6) is -0.453. The van der Waals surface area contributed by atoms with Crippen molar-refractivity contribution < 1.29 is 5.11 Å². The molecule has 27 heavy (non-hydrogen) atoms. The van der Waals surface area contributed by atoms with E-state index in [0.717, 1.165) is 25.7 Å². The van der Waals surface area contributed by atoms with E-state index in [1.807, 2.05) is 45.0 Å². The zero-order valence-electron chi connectivity index (χ0n) is 15.1. The minimum atomic E-state index is -0.713. The van der Waals surface area contributed by atoms with Crippen LogP contribution in [0.25, 0.3) is 5.69 Å². The second-order valence-electron chi connectivity index (χ2n) is 6.26. The SMILES string of the molecule is Cc1cc(-n2c(O)c(C=Nc3ccccc3C)c(=O)[nH]c2=O)c(C)cc1Br. The van der Waals surface area contributed by atoms with Crippen molar-refractivity contribution in [3.05, 3.63) is 84.0 Å². The minimum Gasteiger partial charge on any atom is -0.493 e. The Morgan fingerprint density at radius 2 is 1.78 bits per heavy atom. The van der Waals surface area contributed by atoms with Crippen LogP contribution in [0, 0.1) is 20.8 Å². The predicted molar refractivity (Wildman–Crippen MR) is 110 cm³/mol. The zero-order valence-corrected chi connectivity index (χ0v) is 16.7. The number of aliphatic imine (C=N–C) groups is 1. The van der Waals surface area contributed by atoms with Crippen molar-refractivity contribution >= 4 is 27.8 Å². The van der Waals surface area contributed by atoms with Gasteiger partial charge in [0.25, 0.3) is 5.56 Å². The van der Waals surface area contributed by atoms with Crippen LogP contribution in [0.15, 0.2) is 55.5 Å². The molecular weight excluding hydrogens is 410 g/mol. The average Bonchev–Trinajstić information content (AvgIpc) is 2.60. The summed E-state index contributed by atoms with van der Waals surface area (Å²) < 4.78 is 1.97. The first-order valence-corrected chi connectivity index (χ1v) is 9.04. The van der Waals surface area contributed by atoms with E-state index in [4.69, 9.17) is 0 Å². The van der Waals surface area contributed by atoms with Crippen LogP contribution in [-0.4, -0.2) is 20.9 Å². The van der Waals surface area contributed by atoms with Crippen LogP contribution >= 0.6 is 15.9 Å². The fourth-order valence-corrected chi connectivity index (χ4v) is 3.19. The fourth-order valence-electron chi connectivity index (χ4n) is 2.73. The van der Waals surface area contributed by atoms with Crippen LogP contribution in [0.3, 0.4) is 0 Å². The number of nitrogens with zero attached hydrogens (tertiary/aromatic N) is 2. The molecule has 0 saturated carbocycles. The number of hydrogen-bond acceptors (Lipinski definition) is 4. The maximum absolute atomic E-state index is 12.4. The largest absolute Gasteiger partial charge is 0.493 e. The third-order valence-electron chi connectivity index (χ3n) is 4.29. The minimum absolute atomic E-state index is 0.0853. The number of rotatable bonds is 3. The first-order chi connectivity index (χ1) is 12.8. The Morgan fingerprint density at radius 1 is 1.07 bits per heavy atom. The Hall–Kier alpha value is -2.93. The van der Waals surface area contributed by atoms with Gasteiger partial charge in [0.1, 0.15) is 5.56 Å². The van der Waals surface area contributed by atoms with Crippen LogP contribution in [0.1, 0.15) is 22.3 Å². The average molecular weight is 428 g/mol. The molecule has 0 amide bonds. The predicted octanol–water partition coefficient (Wildman–Crippen LogP) is 3.67. The first-order valence-electron chi connectivity index (χ1n) is 8.24. The lowest BCUT2D eigenvalue weighted by molar-refractivity contribution is 0.430. The summed E-state index contributed by atoms with van der Waals surface area (Å²) in [6.07, 6.45) is 1.27. The van der Waals surface area contributed by atoms with E-state index in [1.165, 1.54) is 6.21 Å². The molecular formula is C20H18BrN3O3. The number of aryl methyl sites for hydroxylation is 3. The monoisotopic (exact) mass is 427 g/mol. The van der Waals surface area contributed by atoms with Crippen molar-refractivity contribution in [1.29, 1.82) is 0 Å². The van der Waals surface area contributed by atoms with E-state index >= 15 is 0 Å². The molecule has 2 N–H and O–H groups in total. The van der Waals surface area contributed by atoms with Gasteiger partial charge >= 0.3 is 5.69 Å². The molecule has 6 nitrogen and oxygen atoms in total. The number of para-hydroxylation sites is 1. The maximum atomic E-state index is 12.4. The summed E-state index contributed by atoms with van der Waals surface area (Å²) in [5.41, 5.74) is 2.25. The van der Waals surface area contributed by atoms with E-state index < -0.39 is 17.1 Å². The van der Waals surface area contributed by atoms with Gasteiger partial charge in [0.15, 0.2) is 0 Å². The highest BCUT2D eigenvalue weighted by Crippen LogP contribution is 2.26. The summed E-state index contributed by atoms with van der Waals surface area (Å²) in [4.78, 5) is 31.1. The van der Waals surface area contributed by atoms with Gasteiger partial charge < -0.3 is 5.11 Å². The van der Waals surface area contributed by atoms with Gasteiger partial charge in [-0.3, -0.25) is 14.8 Å². The Morgan fingerprint density at radius 3 is 2.48 bits per heavy atom. The number of aromatic nitrogens is 2. The maximum Gasteiger partial charge on any atom is 0.335 e. The van der Waals surface area contributed by atoms with E-state index in [0.29, 0.717) is 11.4 Å². The Bertz CT molecular complexity index is 1180. The number of aromatic hydroxyl groups is 1. The van der Waals surface area contributed by atoms with Gasteiger partial charge in [-0.25, -0.2) is 9.36 Å². The smallest absolute Gasteiger partial charge is 0.335 e. The van der Waals surface area contributed by atoms with Gasteiger partial charge in [0, 0.05) is 10.7 Å². The molecule has 7 heteroatoms. The number of halogens is 1. The van der Waals surface area contributed by atoms with Crippen LogP contribution < -0.4 is 11.2 Å². The van der Waals surface area contributed by atoms with Crippen LogP contribution in [0.2, 0.25) is 0 Å². The molecule has 1 heterocycles. The molecule has 0 aliphatic carbocycles. The molecule has 0 atom stereocenters. The highest BCUT2D eigenvalue weighted by Gasteiger charge is 2.16. The number of H-pyrrole nitrogens is 1. The lowest BCUT2D eigenvalue weighted by Crippen LogP contribution is -2.31. The summed E-state index contributed by atoms with van der Waals surface area (Å²) in [6, 6.07) is 11.0. The Labute approximate surface area is 164 Å². The second kappa shape index (κ2) is 7.36. The van der Waals surface area contributed by atoms with Crippen molar-refractivity contribution in [3.63, 3.8) is 0 Å². The molecule has 0 saturated heterocycles. The molecule has 2 aromatic carbocycles. The van der Waals surface area contributed by atoms with Crippen molar-refractivity contribution in [3.8, 4) is 11.6 Å². The summed E-state index contributed by atoms with van der Waals surface area (Å²) in [5, 5.41) is 10.7. The van der Waals surface area contributed by atoms with Gasteiger partial charge in [-0.1, -0.05) is 34.1 Å². The number of nitrogens with one attached hydrogen (secondary N) is 1. The normalized spacial score (nSPS) is 11.3. The highest BCUT2D eigenvalue weighted by atomic mass is 79.9. The van der Waals surface area contributed by atoms with Crippen LogP contribution in [-0.2, 0) is 0 Å². The number of aromatic amines is 1. The summed E-state index contributed by atoms with van der Waals surface area (Å²) >= 11 is 3.44. The third kappa shape index (κ3) is 3.64. The van der Waals surface area contributed by atoms with Gasteiger partial charge in [-0.15, -0.1) is 0 Å². The van der Waals surface area contributed by atoms with E-state index in [2.05, 4.69) is 25.9 Å². The van der Waals surface area contributed by atoms with Crippen molar-refractivity contribution in [2.24, 2.45) is 4.99 Å². The molecule has 0 spiro atoms. The lowest BCUT2D eigenvalue weighted by atomic mass is 10.1. The summed E-state index contributed by atoms with van der Waals surface area (Å²) in [7, 11) is 0. The molecule has 0 aliphatic heterocycles. The Kier molecular flexibility index (Phi) is 5.14. The fraction of sp³-hybridized carbons (Fsp3) is 0.150. The van der Waals surface area contributed by atoms with E-state index in [-0.39, 0.29) is 5.56 Å². The molecule has 138 valence electrons. The standard InChI is InChI=1S/C20H18BrN3O3/c1-11-6-4-5-7-16(11)22-10-14-18(25)23-20(27)24(19(14)26)17-9-12(2)15(21)8-13(17)3/h4-10,26H,1-3H3,(H,23,25,27). The van der Waals surface area contributed by atoms with Crippen LogP contribution in [0.5, 0.6) is 5.88 Å². The van der Waals surface area contributed by atoms with Crippen molar-refractivity contribution in [2.45, 2.75) is 20.8 Å². The third-order valence-corrected chi connectivity index (χ3v) is 5.14. The zero-order chi connectivity index (χ0) is 19.7. The molecule has 0 fully saturated rings. The van der Waals surface area contributed by atoms with E-state index in [1.54, 1.807) is 12.1 Å². The molecule has 0 bridgehead atoms. The number of hydrogen-bond donors (Lipinski definition) is 2. The highest BCUT2D eigenvalue weighted by molar-refractivity contribution is 9.10. The Balaban J connectivity index is 2.21. The molecule has 0 aliphatic rings. The van der Waals surface area contributed by atoms with Gasteiger partial charge in [0.05, 0.1) is 11.4 Å². The van der Waals surface area contributed by atoms with Gasteiger partial charge in [0.2, 0.25) is 5.88 Å². The first kappa shape index (κ1) is 18.8. The quantitative estimate of drug-likeness (QED) is 0.624. The van der Waals surface area contributed by atoms with Crippen LogP contribution in [0.4, 0.5) is 5.69 Å². The molecule has 0 unspecified atom stereocenters. The molecule has 1 aromatic heterocycles. The molecule has 3 rings (SSSR count). The van der Waals surface area contributed by atoms with Crippen molar-refractivity contribution in [1.82, 2.24) is 9.55 Å². The van der Waals surface area contributed by atoms with Gasteiger partial charge in [-0.2, -0.15) is 0 Å². The van der Waals surface area contributed by atoms with Crippen molar-refractivity contribution in [2.75, 3.05) is 0 Å². The lowest BCUT2D eigenvalue weighted by Gasteiger charge is -2.14. The molecule has 0 radical (unpaired) electrons. The second-order valence-corrected chi connectivity index (χ2v) is 7.12. The topological polar surface area (TPSA) is 87.4 Å².